The van der Waals surface area contributed by atoms with E-state index in [0.29, 0.717) is 14.5 Å². The molecule has 0 saturated heterocycles. The Morgan fingerprint density at radius 1 is 0.783 bits per heavy atom. The molecule has 2 heterocycles. The van der Waals surface area contributed by atoms with Gasteiger partial charge in [-0.1, -0.05) is 0 Å². The first kappa shape index (κ1) is 14.4. The normalized spacial score (nSPS) is 11.0. The molecule has 112 valence electrons. The molecule has 4 rings (SSSR count). The number of nitrogens with zero attached hydrogens (tertiary/aromatic N) is 1. The minimum absolute atomic E-state index is 0.352. The molecule has 0 fully saturated rings. The van der Waals surface area contributed by atoms with Crippen molar-refractivity contribution in [3.63, 3.8) is 0 Å². The van der Waals surface area contributed by atoms with E-state index in [-0.39, 0.29) is 0 Å². The Balaban J connectivity index is 1.82. The third-order valence-corrected chi connectivity index (χ3v) is 6.36. The summed E-state index contributed by atoms with van der Waals surface area (Å²) in [5.41, 5.74) is 6.17. The molecule has 2 heteroatoms. The Morgan fingerprint density at radius 2 is 1.52 bits per heavy atom. The monoisotopic (exact) mass is 363 g/mol. The van der Waals surface area contributed by atoms with Gasteiger partial charge in [0.1, 0.15) is 0 Å². The first-order chi connectivity index (χ1) is 11.2. The summed E-state index contributed by atoms with van der Waals surface area (Å²) in [6.07, 6.45) is 2.06. The number of aryl methyl sites for hydroxylation is 2. The molecule has 2 aromatic heterocycles. The second kappa shape index (κ2) is 5.81. The van der Waals surface area contributed by atoms with Crippen LogP contribution in [-0.4, -0.2) is 19.5 Å². The molecule has 0 atom stereocenters. The van der Waals surface area contributed by atoms with Gasteiger partial charge in [0.05, 0.1) is 0 Å². The van der Waals surface area contributed by atoms with Gasteiger partial charge in [-0.15, -0.1) is 0 Å². The maximum absolute atomic E-state index is 4.71. The zero-order valence-electron chi connectivity index (χ0n) is 13.2. The summed E-state index contributed by atoms with van der Waals surface area (Å²) in [4.78, 5) is 4.71. The molecule has 2 aromatic carbocycles. The number of aromatic nitrogens is 1. The molecular weight excluding hydrogens is 345 g/mol. The third kappa shape index (κ3) is 2.88. The Bertz CT molecular complexity index is 963. The Morgan fingerprint density at radius 3 is 2.26 bits per heavy atom. The van der Waals surface area contributed by atoms with Gasteiger partial charge in [-0.25, -0.2) is 0 Å². The Hall–Kier alpha value is -2.15. The van der Waals surface area contributed by atoms with E-state index in [9.17, 15) is 0 Å². The number of hydrogen-bond donors (Lipinski definition) is 0. The van der Waals surface area contributed by atoms with E-state index in [1.54, 1.807) is 0 Å². The first-order valence-electron chi connectivity index (χ1n) is 7.73. The number of benzene rings is 2. The van der Waals surface area contributed by atoms with Crippen molar-refractivity contribution in [1.82, 2.24) is 4.98 Å². The minimum atomic E-state index is 0.352. The van der Waals surface area contributed by atoms with Crippen LogP contribution in [0.25, 0.3) is 30.9 Å². The van der Waals surface area contributed by atoms with Crippen molar-refractivity contribution in [2.24, 2.45) is 0 Å². The van der Waals surface area contributed by atoms with Gasteiger partial charge in [0, 0.05) is 0 Å². The van der Waals surface area contributed by atoms with E-state index in [4.69, 9.17) is 4.98 Å². The summed E-state index contributed by atoms with van der Waals surface area (Å²) in [5.74, 6) is 0. The van der Waals surface area contributed by atoms with Crippen molar-refractivity contribution in [2.75, 3.05) is 0 Å². The summed E-state index contributed by atoms with van der Waals surface area (Å²) >= 11 is 0.352. The van der Waals surface area contributed by atoms with E-state index in [2.05, 4.69) is 80.7 Å². The van der Waals surface area contributed by atoms with Crippen LogP contribution in [0.4, 0.5) is 0 Å². The molecule has 0 bridgehead atoms. The molecular formula is C21H17NSe. The predicted octanol–water partition coefficient (Wildman–Crippen LogP) is 5.24. The van der Waals surface area contributed by atoms with Crippen LogP contribution in [0, 0.1) is 13.8 Å². The summed E-state index contributed by atoms with van der Waals surface area (Å²) in [6, 6.07) is 21.9. The zero-order chi connectivity index (χ0) is 15.8. The fraction of sp³-hybridized carbons (Fsp3) is 0.0952. The van der Waals surface area contributed by atoms with Crippen LogP contribution >= 0.6 is 0 Å². The van der Waals surface area contributed by atoms with Crippen LogP contribution in [0.3, 0.4) is 0 Å². The van der Waals surface area contributed by atoms with Crippen molar-refractivity contribution >= 4 is 24.1 Å². The van der Waals surface area contributed by atoms with Crippen molar-refractivity contribution in [3.05, 3.63) is 78.0 Å². The van der Waals surface area contributed by atoms with Crippen LogP contribution in [0.5, 0.6) is 0 Å². The number of pyridine rings is 1. The second-order valence-corrected chi connectivity index (χ2v) is 8.23. The number of hydrogen-bond acceptors (Lipinski definition) is 1. The van der Waals surface area contributed by atoms with Gasteiger partial charge in [-0.3, -0.25) is 0 Å². The topological polar surface area (TPSA) is 12.9 Å². The quantitative estimate of drug-likeness (QED) is 0.444. The molecule has 0 unspecified atom stereocenters. The molecule has 0 aliphatic heterocycles. The number of fused-ring (bicyclic) bond motifs is 1. The fourth-order valence-electron chi connectivity index (χ4n) is 2.97. The summed E-state index contributed by atoms with van der Waals surface area (Å²) in [7, 11) is 0. The molecule has 1 nitrogen and oxygen atoms in total. The fourth-order valence-corrected chi connectivity index (χ4v) is 5.11. The molecule has 0 spiro atoms. The Labute approximate surface area is 142 Å². The van der Waals surface area contributed by atoms with Crippen LogP contribution in [0.15, 0.2) is 66.9 Å². The van der Waals surface area contributed by atoms with Gasteiger partial charge < -0.3 is 0 Å². The Kier molecular flexibility index (Phi) is 3.65. The van der Waals surface area contributed by atoms with E-state index in [1.807, 2.05) is 0 Å². The van der Waals surface area contributed by atoms with Crippen molar-refractivity contribution in [1.29, 1.82) is 0 Å². The van der Waals surface area contributed by atoms with Crippen LogP contribution in [0.1, 0.15) is 11.1 Å². The SMILES string of the molecule is Cc1cc(C)cc(-c2cc3cc(-c4ccccc4)[se]c3cn2)c1. The first-order valence-corrected chi connectivity index (χ1v) is 9.44. The van der Waals surface area contributed by atoms with Gasteiger partial charge in [0.2, 0.25) is 0 Å². The summed E-state index contributed by atoms with van der Waals surface area (Å²) in [5, 5.41) is 1.33. The van der Waals surface area contributed by atoms with Gasteiger partial charge >= 0.3 is 142 Å². The molecule has 0 amide bonds. The molecule has 0 radical (unpaired) electrons. The molecule has 23 heavy (non-hydrogen) atoms. The third-order valence-electron chi connectivity index (χ3n) is 3.98. The van der Waals surface area contributed by atoms with E-state index >= 15 is 0 Å². The van der Waals surface area contributed by atoms with Crippen molar-refractivity contribution in [2.45, 2.75) is 13.8 Å². The van der Waals surface area contributed by atoms with Crippen LogP contribution < -0.4 is 0 Å². The van der Waals surface area contributed by atoms with E-state index in [1.165, 1.54) is 36.3 Å². The summed E-state index contributed by atoms with van der Waals surface area (Å²) in [6.45, 7) is 4.28. The van der Waals surface area contributed by atoms with Crippen LogP contribution in [0.2, 0.25) is 0 Å². The van der Waals surface area contributed by atoms with Crippen molar-refractivity contribution < 1.29 is 0 Å². The van der Waals surface area contributed by atoms with Gasteiger partial charge in [0.15, 0.2) is 0 Å². The molecule has 0 saturated carbocycles. The average Bonchev–Trinajstić information content (AvgIpc) is 2.98. The van der Waals surface area contributed by atoms with Crippen molar-refractivity contribution in [3.8, 4) is 21.3 Å². The van der Waals surface area contributed by atoms with Gasteiger partial charge in [-0.05, 0) is 0 Å². The van der Waals surface area contributed by atoms with Gasteiger partial charge in [0.25, 0.3) is 0 Å². The van der Waals surface area contributed by atoms with Gasteiger partial charge in [-0.2, -0.15) is 0 Å². The molecule has 0 aliphatic carbocycles. The van der Waals surface area contributed by atoms with E-state index < -0.39 is 0 Å². The standard InChI is InChI=1S/C21H17NSe/c1-14-8-15(2)10-17(9-14)19-11-18-12-20(23-21(18)13-22-19)16-6-4-3-5-7-16/h3-13H,1-2H3. The molecule has 0 aliphatic rings. The molecule has 0 N–H and O–H groups in total. The maximum atomic E-state index is 4.71. The van der Waals surface area contributed by atoms with E-state index in [0.717, 1.165) is 5.69 Å². The molecule has 4 aromatic rings. The van der Waals surface area contributed by atoms with Crippen LogP contribution in [-0.2, 0) is 0 Å². The summed E-state index contributed by atoms with van der Waals surface area (Å²) < 4.78 is 2.82. The second-order valence-electron chi connectivity index (χ2n) is 5.96. The predicted molar refractivity (Wildman–Crippen MR) is 99.0 cm³/mol. The average molecular weight is 362 g/mol. The number of rotatable bonds is 2. The zero-order valence-corrected chi connectivity index (χ0v) is 14.9.